The second-order valence-electron chi connectivity index (χ2n) is 4.24. The SMILES string of the molecule is Nc1cnc2ccccc2c1Oc1ccc(F)c(Cl)c1. The summed E-state index contributed by atoms with van der Waals surface area (Å²) in [5.74, 6) is 0.407. The second kappa shape index (κ2) is 4.98. The summed E-state index contributed by atoms with van der Waals surface area (Å²) >= 11 is 5.74. The summed E-state index contributed by atoms with van der Waals surface area (Å²) in [7, 11) is 0. The molecule has 0 fully saturated rings. The Morgan fingerprint density at radius 2 is 1.95 bits per heavy atom. The lowest BCUT2D eigenvalue weighted by Gasteiger charge is -2.11. The van der Waals surface area contributed by atoms with Crippen LogP contribution < -0.4 is 10.5 Å². The monoisotopic (exact) mass is 288 g/mol. The minimum atomic E-state index is -0.494. The van der Waals surface area contributed by atoms with Crippen molar-refractivity contribution in [3.8, 4) is 11.5 Å². The van der Waals surface area contributed by atoms with Gasteiger partial charge in [0, 0.05) is 11.5 Å². The molecule has 0 bridgehead atoms. The Hall–Kier alpha value is -2.33. The lowest BCUT2D eigenvalue weighted by atomic mass is 10.2. The molecule has 0 amide bonds. The summed E-state index contributed by atoms with van der Waals surface area (Å²) in [6, 6.07) is 11.6. The summed E-state index contributed by atoms with van der Waals surface area (Å²) in [5.41, 5.74) is 7.08. The average molecular weight is 289 g/mol. The highest BCUT2D eigenvalue weighted by molar-refractivity contribution is 6.30. The number of anilines is 1. The zero-order valence-corrected chi connectivity index (χ0v) is 11.1. The van der Waals surface area contributed by atoms with E-state index in [1.807, 2.05) is 24.3 Å². The first kappa shape index (κ1) is 12.7. The van der Waals surface area contributed by atoms with Crippen molar-refractivity contribution >= 4 is 28.2 Å². The molecule has 0 spiro atoms. The smallest absolute Gasteiger partial charge is 0.161 e. The molecule has 0 aliphatic heterocycles. The van der Waals surface area contributed by atoms with Gasteiger partial charge in [0.05, 0.1) is 22.4 Å². The van der Waals surface area contributed by atoms with Crippen LogP contribution in [0.5, 0.6) is 11.5 Å². The number of para-hydroxylation sites is 1. The quantitative estimate of drug-likeness (QED) is 0.760. The lowest BCUT2D eigenvalue weighted by molar-refractivity contribution is 0.488. The number of aromatic nitrogens is 1. The molecule has 1 heterocycles. The van der Waals surface area contributed by atoms with Crippen molar-refractivity contribution in [1.82, 2.24) is 4.98 Å². The first-order valence-corrected chi connectivity index (χ1v) is 6.29. The zero-order chi connectivity index (χ0) is 14.1. The molecule has 20 heavy (non-hydrogen) atoms. The lowest BCUT2D eigenvalue weighted by Crippen LogP contribution is -1.95. The van der Waals surface area contributed by atoms with Gasteiger partial charge in [0.1, 0.15) is 11.6 Å². The summed E-state index contributed by atoms with van der Waals surface area (Å²) in [6.45, 7) is 0. The number of nitrogens with zero attached hydrogens (tertiary/aromatic N) is 1. The van der Waals surface area contributed by atoms with Crippen molar-refractivity contribution in [1.29, 1.82) is 0 Å². The molecular weight excluding hydrogens is 279 g/mol. The van der Waals surface area contributed by atoms with E-state index in [1.54, 1.807) is 0 Å². The van der Waals surface area contributed by atoms with Crippen LogP contribution in [0.4, 0.5) is 10.1 Å². The van der Waals surface area contributed by atoms with Crippen molar-refractivity contribution in [2.45, 2.75) is 0 Å². The van der Waals surface area contributed by atoms with Crippen molar-refractivity contribution < 1.29 is 9.13 Å². The predicted molar refractivity (Wildman–Crippen MR) is 77.6 cm³/mol. The molecule has 5 heteroatoms. The van der Waals surface area contributed by atoms with Crippen molar-refractivity contribution in [3.63, 3.8) is 0 Å². The van der Waals surface area contributed by atoms with Crippen LogP contribution in [-0.2, 0) is 0 Å². The fraction of sp³-hybridized carbons (Fsp3) is 0. The number of nitrogens with two attached hydrogens (primary N) is 1. The van der Waals surface area contributed by atoms with E-state index < -0.39 is 5.82 Å². The van der Waals surface area contributed by atoms with Crippen LogP contribution in [0.3, 0.4) is 0 Å². The van der Waals surface area contributed by atoms with Crippen LogP contribution in [0.15, 0.2) is 48.7 Å². The van der Waals surface area contributed by atoms with Gasteiger partial charge in [0.2, 0.25) is 0 Å². The molecule has 2 N–H and O–H groups in total. The molecule has 3 nitrogen and oxygen atoms in total. The van der Waals surface area contributed by atoms with E-state index >= 15 is 0 Å². The first-order chi connectivity index (χ1) is 9.65. The Morgan fingerprint density at radius 3 is 2.75 bits per heavy atom. The van der Waals surface area contributed by atoms with Crippen molar-refractivity contribution in [3.05, 3.63) is 59.5 Å². The number of ether oxygens (including phenoxy) is 1. The number of pyridine rings is 1. The van der Waals surface area contributed by atoms with Gasteiger partial charge in [-0.05, 0) is 24.3 Å². The van der Waals surface area contributed by atoms with Crippen LogP contribution in [-0.4, -0.2) is 4.98 Å². The Balaban J connectivity index is 2.10. The third-order valence-corrected chi connectivity index (χ3v) is 3.15. The number of hydrogen-bond donors (Lipinski definition) is 1. The van der Waals surface area contributed by atoms with E-state index in [2.05, 4.69) is 4.98 Å². The standard InChI is InChI=1S/C15H10ClFN2O/c16-11-7-9(5-6-12(11)17)20-15-10-3-1-2-4-14(10)19-8-13(15)18/h1-8H,18H2. The maximum Gasteiger partial charge on any atom is 0.161 e. The molecule has 0 radical (unpaired) electrons. The summed E-state index contributed by atoms with van der Waals surface area (Å²) < 4.78 is 18.9. The maximum atomic E-state index is 13.1. The average Bonchev–Trinajstić information content (AvgIpc) is 2.46. The van der Waals surface area contributed by atoms with Crippen molar-refractivity contribution in [2.24, 2.45) is 0 Å². The molecule has 0 saturated heterocycles. The van der Waals surface area contributed by atoms with Crippen LogP contribution in [0.25, 0.3) is 10.9 Å². The minimum absolute atomic E-state index is 0.000525. The zero-order valence-electron chi connectivity index (χ0n) is 10.3. The third kappa shape index (κ3) is 2.26. The minimum Gasteiger partial charge on any atom is -0.454 e. The van der Waals surface area contributed by atoms with E-state index in [0.29, 0.717) is 17.2 Å². The second-order valence-corrected chi connectivity index (χ2v) is 4.64. The molecular formula is C15H10ClFN2O. The predicted octanol–water partition coefficient (Wildman–Crippen LogP) is 4.40. The fourth-order valence-corrected chi connectivity index (χ4v) is 2.07. The molecule has 3 rings (SSSR count). The number of halogens is 2. The number of benzene rings is 2. The Morgan fingerprint density at radius 1 is 1.15 bits per heavy atom. The molecule has 0 unspecified atom stereocenters. The van der Waals surface area contributed by atoms with Gasteiger partial charge in [-0.3, -0.25) is 4.98 Å². The molecule has 1 aromatic heterocycles. The summed E-state index contributed by atoms with van der Waals surface area (Å²) in [6.07, 6.45) is 1.53. The van der Waals surface area contributed by atoms with Gasteiger partial charge in [-0.25, -0.2) is 4.39 Å². The number of nitrogen functional groups attached to an aromatic ring is 1. The van der Waals surface area contributed by atoms with E-state index in [1.165, 1.54) is 24.4 Å². The Kier molecular flexibility index (Phi) is 3.16. The number of fused-ring (bicyclic) bond motifs is 1. The molecule has 0 aliphatic rings. The van der Waals surface area contributed by atoms with Gasteiger partial charge in [-0.15, -0.1) is 0 Å². The van der Waals surface area contributed by atoms with Gasteiger partial charge in [-0.1, -0.05) is 23.7 Å². The van der Waals surface area contributed by atoms with Gasteiger partial charge in [-0.2, -0.15) is 0 Å². The van der Waals surface area contributed by atoms with Gasteiger partial charge >= 0.3 is 0 Å². The molecule has 0 saturated carbocycles. The highest BCUT2D eigenvalue weighted by Gasteiger charge is 2.10. The van der Waals surface area contributed by atoms with Crippen LogP contribution in [0.2, 0.25) is 5.02 Å². The van der Waals surface area contributed by atoms with E-state index in [0.717, 1.165) is 10.9 Å². The highest BCUT2D eigenvalue weighted by atomic mass is 35.5. The number of hydrogen-bond acceptors (Lipinski definition) is 3. The molecule has 0 aliphatic carbocycles. The summed E-state index contributed by atoms with van der Waals surface area (Å²) in [4.78, 5) is 4.22. The van der Waals surface area contributed by atoms with Crippen molar-refractivity contribution in [2.75, 3.05) is 5.73 Å². The third-order valence-electron chi connectivity index (χ3n) is 2.86. The molecule has 0 atom stereocenters. The van der Waals surface area contributed by atoms with E-state index in [4.69, 9.17) is 22.1 Å². The maximum absolute atomic E-state index is 13.1. The topological polar surface area (TPSA) is 48.1 Å². The van der Waals surface area contributed by atoms with Crippen LogP contribution in [0, 0.1) is 5.82 Å². The number of rotatable bonds is 2. The van der Waals surface area contributed by atoms with E-state index in [9.17, 15) is 4.39 Å². The Labute approximate surface area is 119 Å². The molecule has 100 valence electrons. The highest BCUT2D eigenvalue weighted by Crippen LogP contribution is 2.35. The normalized spacial score (nSPS) is 10.7. The molecule has 3 aromatic rings. The van der Waals surface area contributed by atoms with Gasteiger partial charge in [0.15, 0.2) is 5.75 Å². The first-order valence-electron chi connectivity index (χ1n) is 5.91. The van der Waals surface area contributed by atoms with Gasteiger partial charge < -0.3 is 10.5 Å². The molecule has 2 aromatic carbocycles. The summed E-state index contributed by atoms with van der Waals surface area (Å²) in [5, 5.41) is 0.785. The van der Waals surface area contributed by atoms with E-state index in [-0.39, 0.29) is 5.02 Å². The van der Waals surface area contributed by atoms with Crippen LogP contribution >= 0.6 is 11.6 Å². The van der Waals surface area contributed by atoms with Crippen LogP contribution in [0.1, 0.15) is 0 Å². The fourth-order valence-electron chi connectivity index (χ4n) is 1.90. The largest absolute Gasteiger partial charge is 0.454 e. The Bertz CT molecular complexity index is 792. The van der Waals surface area contributed by atoms with Gasteiger partial charge in [0.25, 0.3) is 0 Å².